The predicted molar refractivity (Wildman–Crippen MR) is 102 cm³/mol. The van der Waals surface area contributed by atoms with Crippen LogP contribution in [-0.4, -0.2) is 18.0 Å². The molecular formula is C21H44ClNaO2. The maximum absolute atomic E-state index is 9.26. The van der Waals surface area contributed by atoms with Crippen molar-refractivity contribution in [1.82, 2.24) is 0 Å². The number of aliphatic hydroxyl groups is 1. The molecule has 0 aliphatic carbocycles. The summed E-state index contributed by atoms with van der Waals surface area (Å²) in [6.45, 7) is 4.94. The van der Waals surface area contributed by atoms with Gasteiger partial charge in [-0.3, -0.25) is 0 Å². The topological polar surface area (TPSA) is 29.5 Å². The Morgan fingerprint density at radius 1 is 0.600 bits per heavy atom. The average molecular weight is 387 g/mol. The molecule has 0 aromatic carbocycles. The van der Waals surface area contributed by atoms with E-state index in [1.54, 1.807) is 0 Å². The molecule has 0 fully saturated rings. The Labute approximate surface area is 187 Å². The maximum atomic E-state index is 9.26. The van der Waals surface area contributed by atoms with Crippen molar-refractivity contribution in [3.05, 3.63) is 0 Å². The molecule has 1 atom stereocenters. The minimum Gasteiger partial charge on any atom is -1.00 e. The van der Waals surface area contributed by atoms with Crippen LogP contribution in [0.15, 0.2) is 0 Å². The third kappa shape index (κ3) is 27.5. The van der Waals surface area contributed by atoms with Crippen molar-refractivity contribution in [2.24, 2.45) is 0 Å². The summed E-state index contributed by atoms with van der Waals surface area (Å²) >= 11 is 0. The average Bonchev–Trinajstić information content (AvgIpc) is 2.57. The number of halogens is 1. The van der Waals surface area contributed by atoms with Crippen LogP contribution < -0.4 is 42.0 Å². The summed E-state index contributed by atoms with van der Waals surface area (Å²) < 4.78 is 5.27. The van der Waals surface area contributed by atoms with Gasteiger partial charge in [0.05, 0.1) is 0 Å². The van der Waals surface area contributed by atoms with Crippen molar-refractivity contribution < 1.29 is 51.8 Å². The Morgan fingerprint density at radius 2 is 0.920 bits per heavy atom. The molecule has 148 valence electrons. The number of hydrogen-bond acceptors (Lipinski definition) is 2. The van der Waals surface area contributed by atoms with E-state index in [0.29, 0.717) is 13.0 Å². The van der Waals surface area contributed by atoms with Crippen LogP contribution in [0.5, 0.6) is 0 Å². The minimum absolute atomic E-state index is 0. The van der Waals surface area contributed by atoms with Crippen molar-refractivity contribution in [2.75, 3.05) is 6.61 Å². The van der Waals surface area contributed by atoms with E-state index in [0.717, 1.165) is 6.42 Å². The molecule has 0 aliphatic heterocycles. The van der Waals surface area contributed by atoms with Gasteiger partial charge in [-0.1, -0.05) is 110 Å². The van der Waals surface area contributed by atoms with Crippen LogP contribution in [0.1, 0.15) is 123 Å². The summed E-state index contributed by atoms with van der Waals surface area (Å²) in [5, 5.41) is 9.26. The van der Waals surface area contributed by atoms with E-state index in [9.17, 15) is 5.11 Å². The predicted octanol–water partition coefficient (Wildman–Crippen LogP) is 1.00. The van der Waals surface area contributed by atoms with Gasteiger partial charge in [0, 0.05) is 6.61 Å². The third-order valence-electron chi connectivity index (χ3n) is 4.66. The standard InChI is InChI=1S/C21H44O2.ClH.Na/c1-3-5-6-7-8-9-10-11-12-13-14-15-16-17-18-19-20-23-21(22)4-2;;/h21-22H,3-20H2,1-2H3;1H;/q;;+1/p-1. The van der Waals surface area contributed by atoms with Crippen LogP contribution in [0, 0.1) is 0 Å². The van der Waals surface area contributed by atoms with Gasteiger partial charge in [0.2, 0.25) is 0 Å². The number of hydrogen-bond donors (Lipinski definition) is 1. The van der Waals surface area contributed by atoms with Crippen molar-refractivity contribution in [2.45, 2.75) is 129 Å². The molecule has 0 aliphatic rings. The molecule has 0 amide bonds. The van der Waals surface area contributed by atoms with Gasteiger partial charge in [-0.15, -0.1) is 0 Å². The number of ether oxygens (including phenoxy) is 1. The minimum atomic E-state index is -0.550. The van der Waals surface area contributed by atoms with Crippen molar-refractivity contribution in [3.8, 4) is 0 Å². The largest absolute Gasteiger partial charge is 1.00 e. The van der Waals surface area contributed by atoms with Crippen molar-refractivity contribution >= 4 is 0 Å². The second-order valence-corrected chi connectivity index (χ2v) is 7.04. The Bertz CT molecular complexity index is 218. The third-order valence-corrected chi connectivity index (χ3v) is 4.66. The fourth-order valence-electron chi connectivity index (χ4n) is 2.99. The van der Waals surface area contributed by atoms with Crippen LogP contribution in [0.25, 0.3) is 0 Å². The molecule has 2 nitrogen and oxygen atoms in total. The zero-order chi connectivity index (χ0) is 17.0. The smallest absolute Gasteiger partial charge is 1.00 e. The summed E-state index contributed by atoms with van der Waals surface area (Å²) in [4.78, 5) is 0. The monoisotopic (exact) mass is 386 g/mol. The molecule has 0 spiro atoms. The van der Waals surface area contributed by atoms with E-state index in [-0.39, 0.29) is 42.0 Å². The summed E-state index contributed by atoms with van der Waals surface area (Å²) in [6.07, 6.45) is 22.4. The summed E-state index contributed by atoms with van der Waals surface area (Å²) in [5.41, 5.74) is 0. The van der Waals surface area contributed by atoms with Gasteiger partial charge >= 0.3 is 29.6 Å². The molecule has 0 rings (SSSR count). The Morgan fingerprint density at radius 3 is 1.24 bits per heavy atom. The molecule has 0 heterocycles. The zero-order valence-electron chi connectivity index (χ0n) is 17.5. The van der Waals surface area contributed by atoms with Gasteiger partial charge in [-0.25, -0.2) is 0 Å². The first-order chi connectivity index (χ1) is 11.3. The molecule has 0 aromatic heterocycles. The molecule has 4 heteroatoms. The summed E-state index contributed by atoms with van der Waals surface area (Å²) in [7, 11) is 0. The van der Waals surface area contributed by atoms with Crippen LogP contribution in [-0.2, 0) is 4.74 Å². The second kappa shape index (κ2) is 27.4. The normalized spacial score (nSPS) is 11.6. The molecule has 1 N–H and O–H groups in total. The van der Waals surface area contributed by atoms with Crippen LogP contribution in [0.2, 0.25) is 0 Å². The number of unbranched alkanes of at least 4 members (excludes halogenated alkanes) is 15. The van der Waals surface area contributed by atoms with Crippen LogP contribution in [0.4, 0.5) is 0 Å². The van der Waals surface area contributed by atoms with Gasteiger partial charge < -0.3 is 22.3 Å². The van der Waals surface area contributed by atoms with E-state index in [1.165, 1.54) is 96.3 Å². The number of rotatable bonds is 19. The number of aliphatic hydroxyl groups excluding tert-OH is 1. The molecule has 0 aromatic rings. The van der Waals surface area contributed by atoms with E-state index in [2.05, 4.69) is 6.92 Å². The Balaban J connectivity index is -0.00000242. The molecular weight excluding hydrogens is 343 g/mol. The summed E-state index contributed by atoms with van der Waals surface area (Å²) in [5.74, 6) is 0. The fourth-order valence-corrected chi connectivity index (χ4v) is 2.99. The van der Waals surface area contributed by atoms with E-state index < -0.39 is 6.29 Å². The Hall–Kier alpha value is 1.21. The molecule has 1 unspecified atom stereocenters. The van der Waals surface area contributed by atoms with Gasteiger partial charge in [-0.2, -0.15) is 0 Å². The zero-order valence-corrected chi connectivity index (χ0v) is 20.3. The van der Waals surface area contributed by atoms with Gasteiger partial charge in [0.1, 0.15) is 0 Å². The van der Waals surface area contributed by atoms with Crippen LogP contribution >= 0.6 is 0 Å². The van der Waals surface area contributed by atoms with Gasteiger partial charge in [0.15, 0.2) is 6.29 Å². The van der Waals surface area contributed by atoms with Crippen molar-refractivity contribution in [1.29, 1.82) is 0 Å². The summed E-state index contributed by atoms with van der Waals surface area (Å²) in [6, 6.07) is 0. The van der Waals surface area contributed by atoms with E-state index in [1.807, 2.05) is 6.92 Å². The molecule has 25 heavy (non-hydrogen) atoms. The van der Waals surface area contributed by atoms with E-state index >= 15 is 0 Å². The SMILES string of the molecule is CCCCCCCCCCCCCCCCCCOC(O)CC.[Cl-].[Na+]. The molecule has 0 saturated carbocycles. The van der Waals surface area contributed by atoms with E-state index in [4.69, 9.17) is 4.74 Å². The molecule has 0 radical (unpaired) electrons. The first kappa shape index (κ1) is 30.9. The molecule has 0 saturated heterocycles. The van der Waals surface area contributed by atoms with Crippen molar-refractivity contribution in [3.63, 3.8) is 0 Å². The second-order valence-electron chi connectivity index (χ2n) is 7.04. The van der Waals surface area contributed by atoms with Crippen LogP contribution in [0.3, 0.4) is 0 Å². The Kier molecular flexibility index (Phi) is 33.9. The van der Waals surface area contributed by atoms with Gasteiger partial charge in [-0.05, 0) is 12.8 Å². The maximum Gasteiger partial charge on any atom is 1.00 e. The fraction of sp³-hybridized carbons (Fsp3) is 1.00. The van der Waals surface area contributed by atoms with Gasteiger partial charge in [0.25, 0.3) is 0 Å². The molecule has 0 bridgehead atoms. The quantitative estimate of drug-likeness (QED) is 0.204. The first-order valence-corrected chi connectivity index (χ1v) is 10.6. The first-order valence-electron chi connectivity index (χ1n) is 10.6.